The average Bonchev–Trinajstić information content (AvgIpc) is 2.76. The molecule has 28 heavy (non-hydrogen) atoms. The van der Waals surface area contributed by atoms with E-state index >= 15 is 0 Å². The second-order valence-corrected chi connectivity index (χ2v) is 7.72. The maximum atomic E-state index is 10.6. The fraction of sp³-hybridized carbons (Fsp3) is 0.250. The van der Waals surface area contributed by atoms with Gasteiger partial charge in [-0.25, -0.2) is 0 Å². The third-order valence-corrected chi connectivity index (χ3v) is 5.62. The van der Waals surface area contributed by atoms with Crippen molar-refractivity contribution in [3.63, 3.8) is 0 Å². The Bertz CT molecular complexity index is 837. The molecule has 146 valence electrons. The fourth-order valence-corrected chi connectivity index (χ4v) is 3.90. The second kappa shape index (κ2) is 9.99. The van der Waals surface area contributed by atoms with Crippen molar-refractivity contribution in [2.24, 2.45) is 0 Å². The van der Waals surface area contributed by atoms with Crippen LogP contribution in [0.3, 0.4) is 0 Å². The van der Waals surface area contributed by atoms with Gasteiger partial charge in [0.25, 0.3) is 0 Å². The van der Waals surface area contributed by atoms with Gasteiger partial charge in [0.1, 0.15) is 5.60 Å². The monoisotopic (exact) mass is 440 g/mol. The summed E-state index contributed by atoms with van der Waals surface area (Å²) in [4.78, 5) is 0. The van der Waals surface area contributed by atoms with Crippen LogP contribution in [-0.2, 0) is 16.9 Å². The van der Waals surface area contributed by atoms with Gasteiger partial charge in [-0.15, -0.1) is 0 Å². The Morgan fingerprint density at radius 2 is 1.43 bits per heavy atom. The third kappa shape index (κ3) is 4.70. The average molecular weight is 441 g/mol. The van der Waals surface area contributed by atoms with E-state index in [9.17, 15) is 10.2 Å². The summed E-state index contributed by atoms with van der Waals surface area (Å²) in [6.07, 6.45) is 0.478. The Hall–Kier alpha value is -1.98. The Labute approximate surface area is 174 Å². The smallest absolute Gasteiger partial charge is 0.123 e. The van der Waals surface area contributed by atoms with Gasteiger partial charge >= 0.3 is 0 Å². The summed E-state index contributed by atoms with van der Waals surface area (Å²) < 4.78 is 7.46. The van der Waals surface area contributed by atoms with Crippen LogP contribution in [0, 0.1) is 0 Å². The first kappa shape index (κ1) is 20.7. The summed E-state index contributed by atoms with van der Waals surface area (Å²) in [7, 11) is 0. The minimum absolute atomic E-state index is 0.00398. The summed E-state index contributed by atoms with van der Waals surface area (Å²) in [5.41, 5.74) is 1.99. The highest BCUT2D eigenvalue weighted by molar-refractivity contribution is 9.10. The second-order valence-electron chi connectivity index (χ2n) is 6.80. The first-order chi connectivity index (χ1) is 13.7. The lowest BCUT2D eigenvalue weighted by atomic mass is 9.75. The van der Waals surface area contributed by atoms with Gasteiger partial charge < -0.3 is 14.9 Å². The van der Waals surface area contributed by atoms with E-state index in [0.717, 1.165) is 21.2 Å². The Morgan fingerprint density at radius 3 is 2.00 bits per heavy atom. The molecular formula is C24H25BrO3. The van der Waals surface area contributed by atoms with Gasteiger partial charge in [-0.2, -0.15) is 0 Å². The highest BCUT2D eigenvalue weighted by Crippen LogP contribution is 2.43. The molecule has 0 aromatic heterocycles. The van der Waals surface area contributed by atoms with Gasteiger partial charge in [0.05, 0.1) is 13.2 Å². The van der Waals surface area contributed by atoms with Crippen molar-refractivity contribution >= 4 is 15.9 Å². The summed E-state index contributed by atoms with van der Waals surface area (Å²) >= 11 is 3.48. The van der Waals surface area contributed by atoms with Crippen molar-refractivity contribution in [1.29, 1.82) is 0 Å². The Balaban J connectivity index is 2.05. The molecule has 2 N–H and O–H groups in total. The third-order valence-electron chi connectivity index (χ3n) is 5.09. The van der Waals surface area contributed by atoms with Gasteiger partial charge in [0, 0.05) is 17.0 Å². The van der Waals surface area contributed by atoms with E-state index in [-0.39, 0.29) is 19.1 Å². The number of benzene rings is 3. The molecule has 3 rings (SSSR count). The van der Waals surface area contributed by atoms with Crippen LogP contribution in [0.2, 0.25) is 0 Å². The van der Waals surface area contributed by atoms with E-state index in [1.165, 1.54) is 0 Å². The molecule has 0 saturated carbocycles. The summed E-state index contributed by atoms with van der Waals surface area (Å²) in [5, 5.41) is 20.4. The van der Waals surface area contributed by atoms with Crippen LogP contribution < -0.4 is 0 Å². The van der Waals surface area contributed by atoms with E-state index in [4.69, 9.17) is 4.74 Å². The van der Waals surface area contributed by atoms with E-state index < -0.39 is 5.60 Å². The van der Waals surface area contributed by atoms with Gasteiger partial charge in [0.15, 0.2) is 0 Å². The molecule has 0 bridgehead atoms. The number of hydrogen-bond acceptors (Lipinski definition) is 3. The van der Waals surface area contributed by atoms with Gasteiger partial charge in [0.2, 0.25) is 0 Å². The van der Waals surface area contributed by atoms with E-state index in [0.29, 0.717) is 13.0 Å². The molecule has 2 atom stereocenters. The number of hydrogen-bond donors (Lipinski definition) is 2. The van der Waals surface area contributed by atoms with Crippen molar-refractivity contribution < 1.29 is 14.9 Å². The van der Waals surface area contributed by atoms with E-state index in [1.54, 1.807) is 0 Å². The van der Waals surface area contributed by atoms with E-state index in [2.05, 4.69) is 15.9 Å². The maximum Gasteiger partial charge on any atom is 0.123 e. The molecular weight excluding hydrogens is 416 g/mol. The number of ether oxygens (including phenoxy) is 1. The molecule has 3 nitrogen and oxygen atoms in total. The molecule has 3 aromatic rings. The highest BCUT2D eigenvalue weighted by Gasteiger charge is 2.42. The molecule has 0 radical (unpaired) electrons. The van der Waals surface area contributed by atoms with Crippen LogP contribution in [0.25, 0.3) is 0 Å². The lowest BCUT2D eigenvalue weighted by Gasteiger charge is -2.40. The lowest BCUT2D eigenvalue weighted by molar-refractivity contribution is -0.116. The molecule has 0 amide bonds. The lowest BCUT2D eigenvalue weighted by Crippen LogP contribution is -2.41. The number of aliphatic hydroxyl groups excluding tert-OH is 2. The predicted molar refractivity (Wildman–Crippen MR) is 115 cm³/mol. The van der Waals surface area contributed by atoms with Crippen molar-refractivity contribution in [3.05, 3.63) is 106 Å². The fourth-order valence-electron chi connectivity index (χ4n) is 3.63. The van der Waals surface area contributed by atoms with Crippen molar-refractivity contribution in [2.45, 2.75) is 24.5 Å². The molecule has 3 aromatic carbocycles. The molecule has 0 heterocycles. The minimum Gasteiger partial charge on any atom is -0.396 e. The Morgan fingerprint density at radius 1 is 0.821 bits per heavy atom. The molecule has 0 spiro atoms. The predicted octanol–water partition coefficient (Wildman–Crippen LogP) is 5.02. The van der Waals surface area contributed by atoms with Crippen molar-refractivity contribution in [1.82, 2.24) is 0 Å². The van der Waals surface area contributed by atoms with Crippen molar-refractivity contribution in [3.8, 4) is 0 Å². The van der Waals surface area contributed by atoms with Crippen LogP contribution in [0.15, 0.2) is 89.4 Å². The summed E-state index contributed by atoms with van der Waals surface area (Å²) in [6, 6.07) is 27.7. The first-order valence-corrected chi connectivity index (χ1v) is 10.2. The summed E-state index contributed by atoms with van der Waals surface area (Å²) in [5.74, 6) is -0.207. The SMILES string of the molecule is OCC[C@@H](c1ccc(Br)cc1)[C@@](CO)(OCc1ccccc1)c1ccccc1. The molecule has 0 unspecified atom stereocenters. The standard InChI is InChI=1S/C24H25BrO3/c25-22-13-11-20(12-14-22)23(15-16-26)24(18-27,21-9-5-2-6-10-21)28-17-19-7-3-1-4-8-19/h1-14,23,26-27H,15-18H2/t23-,24-/m0/s1. The molecule has 4 heteroatoms. The highest BCUT2D eigenvalue weighted by atomic mass is 79.9. The number of aliphatic hydroxyl groups is 2. The first-order valence-electron chi connectivity index (χ1n) is 9.40. The number of halogens is 1. The van der Waals surface area contributed by atoms with Gasteiger partial charge in [-0.3, -0.25) is 0 Å². The van der Waals surface area contributed by atoms with Crippen LogP contribution in [0.4, 0.5) is 0 Å². The zero-order valence-electron chi connectivity index (χ0n) is 15.7. The van der Waals surface area contributed by atoms with Crippen LogP contribution in [0.1, 0.15) is 29.0 Å². The van der Waals surface area contributed by atoms with Crippen molar-refractivity contribution in [2.75, 3.05) is 13.2 Å². The summed E-state index contributed by atoms with van der Waals surface area (Å²) in [6.45, 7) is 0.184. The maximum absolute atomic E-state index is 10.6. The topological polar surface area (TPSA) is 49.7 Å². The van der Waals surface area contributed by atoms with Gasteiger partial charge in [-0.1, -0.05) is 88.7 Å². The largest absolute Gasteiger partial charge is 0.396 e. The molecule has 0 aliphatic rings. The van der Waals surface area contributed by atoms with Gasteiger partial charge in [-0.05, 0) is 35.2 Å². The number of rotatable bonds is 9. The quantitative estimate of drug-likeness (QED) is 0.490. The minimum atomic E-state index is -0.965. The van der Waals surface area contributed by atoms with Crippen LogP contribution in [0.5, 0.6) is 0 Å². The molecule has 0 aliphatic heterocycles. The Kier molecular flexibility index (Phi) is 7.40. The molecule has 0 saturated heterocycles. The van der Waals surface area contributed by atoms with Crippen LogP contribution >= 0.6 is 15.9 Å². The van der Waals surface area contributed by atoms with Crippen LogP contribution in [-0.4, -0.2) is 23.4 Å². The molecule has 0 fully saturated rings. The zero-order valence-corrected chi connectivity index (χ0v) is 17.3. The molecule has 0 aliphatic carbocycles. The normalized spacial score (nSPS) is 14.4. The van der Waals surface area contributed by atoms with E-state index in [1.807, 2.05) is 84.9 Å². The zero-order chi connectivity index (χ0) is 19.8.